The fourth-order valence-corrected chi connectivity index (χ4v) is 4.77. The summed E-state index contributed by atoms with van der Waals surface area (Å²) in [7, 11) is 1.95. The van der Waals surface area contributed by atoms with Crippen LogP contribution in [-0.4, -0.2) is 54.0 Å². The number of amides is 2. The SMILES string of the molecule is CN1CCN2C(=O)C(NC(=O)c3cnnc4ccccc34)N=C(c3ccccc3F)c3cccc1c32. The maximum Gasteiger partial charge on any atom is 0.272 e. The van der Waals surface area contributed by atoms with E-state index in [4.69, 9.17) is 0 Å². The van der Waals surface area contributed by atoms with Crippen LogP contribution in [0.3, 0.4) is 0 Å². The summed E-state index contributed by atoms with van der Waals surface area (Å²) in [5.74, 6) is -1.37. The Morgan fingerprint density at radius 3 is 2.64 bits per heavy atom. The molecule has 0 radical (unpaired) electrons. The topological polar surface area (TPSA) is 90.8 Å². The van der Waals surface area contributed by atoms with Crippen molar-refractivity contribution in [3.05, 3.63) is 95.4 Å². The van der Waals surface area contributed by atoms with Crippen molar-refractivity contribution in [2.75, 3.05) is 29.9 Å². The van der Waals surface area contributed by atoms with Gasteiger partial charge >= 0.3 is 0 Å². The predicted molar refractivity (Wildman–Crippen MR) is 135 cm³/mol. The molecule has 0 saturated carbocycles. The maximum atomic E-state index is 15.0. The molecule has 6 rings (SSSR count). The fourth-order valence-electron chi connectivity index (χ4n) is 4.77. The highest BCUT2D eigenvalue weighted by molar-refractivity contribution is 6.22. The van der Waals surface area contributed by atoms with Crippen LogP contribution in [0.4, 0.5) is 15.8 Å². The number of likely N-dealkylation sites (N-methyl/N-ethyl adjacent to an activating group) is 1. The molecule has 3 heterocycles. The zero-order valence-corrected chi connectivity index (χ0v) is 19.4. The molecule has 0 fully saturated rings. The van der Waals surface area contributed by atoms with Crippen molar-refractivity contribution < 1.29 is 14.0 Å². The lowest BCUT2D eigenvalue weighted by molar-refractivity contribution is -0.120. The van der Waals surface area contributed by atoms with Crippen molar-refractivity contribution in [2.24, 2.45) is 4.99 Å². The Balaban J connectivity index is 1.49. The maximum absolute atomic E-state index is 15.0. The molecule has 1 unspecified atom stereocenters. The van der Waals surface area contributed by atoms with Crippen molar-refractivity contribution in [3.8, 4) is 0 Å². The van der Waals surface area contributed by atoms with Gasteiger partial charge in [-0.1, -0.05) is 42.5 Å². The molecule has 3 aromatic carbocycles. The van der Waals surface area contributed by atoms with Crippen LogP contribution in [0.1, 0.15) is 21.5 Å². The predicted octanol–water partition coefficient (Wildman–Crippen LogP) is 3.16. The molecule has 2 amide bonds. The quantitative estimate of drug-likeness (QED) is 0.487. The molecule has 2 aliphatic heterocycles. The molecule has 36 heavy (non-hydrogen) atoms. The highest BCUT2D eigenvalue weighted by Crippen LogP contribution is 2.39. The Bertz CT molecular complexity index is 1560. The Labute approximate surface area is 206 Å². The van der Waals surface area contributed by atoms with Crippen LogP contribution in [0.15, 0.2) is 77.9 Å². The summed E-state index contributed by atoms with van der Waals surface area (Å²) in [6.45, 7) is 1.02. The number of para-hydroxylation sites is 1. The smallest absolute Gasteiger partial charge is 0.272 e. The summed E-state index contributed by atoms with van der Waals surface area (Å²) >= 11 is 0. The van der Waals surface area contributed by atoms with Crippen LogP contribution in [-0.2, 0) is 4.79 Å². The van der Waals surface area contributed by atoms with Crippen LogP contribution in [0.5, 0.6) is 0 Å². The van der Waals surface area contributed by atoms with E-state index in [-0.39, 0.29) is 17.0 Å². The summed E-state index contributed by atoms with van der Waals surface area (Å²) in [4.78, 5) is 35.5. The van der Waals surface area contributed by atoms with Crippen LogP contribution >= 0.6 is 0 Å². The van der Waals surface area contributed by atoms with E-state index < -0.39 is 17.9 Å². The molecule has 0 saturated heterocycles. The van der Waals surface area contributed by atoms with Crippen molar-refractivity contribution in [1.82, 2.24) is 15.5 Å². The first-order valence-corrected chi connectivity index (χ1v) is 11.5. The average molecular weight is 481 g/mol. The second kappa shape index (κ2) is 8.53. The van der Waals surface area contributed by atoms with E-state index in [1.807, 2.05) is 25.2 Å². The molecule has 8 nitrogen and oxygen atoms in total. The number of benzene rings is 3. The van der Waals surface area contributed by atoms with Crippen molar-refractivity contribution in [2.45, 2.75) is 6.17 Å². The number of carbonyl (C=O) groups excluding carboxylic acids is 2. The van der Waals surface area contributed by atoms with Gasteiger partial charge in [-0.3, -0.25) is 9.59 Å². The Morgan fingerprint density at radius 1 is 1.00 bits per heavy atom. The zero-order chi connectivity index (χ0) is 24.8. The van der Waals surface area contributed by atoms with Gasteiger partial charge in [0.15, 0.2) is 0 Å². The highest BCUT2D eigenvalue weighted by Gasteiger charge is 2.37. The minimum atomic E-state index is -1.26. The van der Waals surface area contributed by atoms with E-state index in [1.54, 1.807) is 47.4 Å². The van der Waals surface area contributed by atoms with Crippen LogP contribution < -0.4 is 15.1 Å². The number of nitrogens with zero attached hydrogens (tertiary/aromatic N) is 5. The lowest BCUT2D eigenvalue weighted by atomic mass is 9.97. The number of halogens is 1. The molecule has 178 valence electrons. The van der Waals surface area contributed by atoms with E-state index in [1.165, 1.54) is 12.3 Å². The largest absolute Gasteiger partial charge is 0.371 e. The van der Waals surface area contributed by atoms with Crippen molar-refractivity contribution in [3.63, 3.8) is 0 Å². The Kier molecular flexibility index (Phi) is 5.18. The number of hydrogen-bond donors (Lipinski definition) is 1. The minimum absolute atomic E-state index is 0.254. The first-order valence-electron chi connectivity index (χ1n) is 11.5. The Morgan fingerprint density at radius 2 is 1.78 bits per heavy atom. The van der Waals surface area contributed by atoms with Gasteiger partial charge in [0, 0.05) is 36.7 Å². The van der Waals surface area contributed by atoms with Crippen LogP contribution in [0, 0.1) is 5.82 Å². The average Bonchev–Trinajstić information content (AvgIpc) is 3.01. The number of rotatable bonds is 3. The number of nitrogens with one attached hydrogen (secondary N) is 1. The van der Waals surface area contributed by atoms with Gasteiger partial charge in [-0.25, -0.2) is 9.38 Å². The number of aromatic nitrogens is 2. The van der Waals surface area contributed by atoms with E-state index in [9.17, 15) is 9.59 Å². The third-order valence-electron chi connectivity index (χ3n) is 6.56. The number of aliphatic imine (C=N–C) groups is 1. The van der Waals surface area contributed by atoms with Gasteiger partial charge in [-0.15, -0.1) is 0 Å². The monoisotopic (exact) mass is 480 g/mol. The standard InChI is InChI=1S/C27H21FN6O2/c1-33-13-14-34-24-18(9-6-12-22(24)33)23(17-8-2-4-10-20(17)28)30-25(27(34)36)31-26(35)19-15-29-32-21-11-5-3-7-16(19)21/h2-12,15,25H,13-14H2,1H3,(H,31,35). The molecule has 0 spiro atoms. The second-order valence-corrected chi connectivity index (χ2v) is 8.69. The molecule has 9 heteroatoms. The summed E-state index contributed by atoms with van der Waals surface area (Å²) in [6.07, 6.45) is 0.103. The zero-order valence-electron chi connectivity index (χ0n) is 19.4. The summed E-state index contributed by atoms with van der Waals surface area (Å²) in [6, 6.07) is 19.0. The van der Waals surface area contributed by atoms with E-state index >= 15 is 4.39 Å². The number of anilines is 2. The summed E-state index contributed by atoms with van der Waals surface area (Å²) in [5.41, 5.74) is 3.52. The lowest BCUT2D eigenvalue weighted by Gasteiger charge is -2.36. The van der Waals surface area contributed by atoms with Gasteiger partial charge in [0.05, 0.1) is 34.4 Å². The Hall–Kier alpha value is -4.66. The summed E-state index contributed by atoms with van der Waals surface area (Å²) < 4.78 is 15.0. The molecule has 2 aliphatic rings. The van der Waals surface area contributed by atoms with Gasteiger partial charge in [-0.05, 0) is 24.3 Å². The normalized spacial score (nSPS) is 16.9. The number of hydrogen-bond acceptors (Lipinski definition) is 6. The summed E-state index contributed by atoms with van der Waals surface area (Å²) in [5, 5.41) is 11.4. The second-order valence-electron chi connectivity index (χ2n) is 8.69. The molecular formula is C27H21FN6O2. The molecule has 1 N–H and O–H groups in total. The third-order valence-corrected chi connectivity index (χ3v) is 6.56. The van der Waals surface area contributed by atoms with Gasteiger partial charge in [-0.2, -0.15) is 10.2 Å². The molecule has 0 bridgehead atoms. The molecule has 1 aromatic heterocycles. The molecule has 4 aromatic rings. The molecule has 1 atom stereocenters. The van der Waals surface area contributed by atoms with Crippen LogP contribution in [0.25, 0.3) is 10.9 Å². The molecular weight excluding hydrogens is 459 g/mol. The van der Waals surface area contributed by atoms with Gasteiger partial charge in [0.25, 0.3) is 11.8 Å². The van der Waals surface area contributed by atoms with E-state index in [0.717, 1.165) is 5.69 Å². The van der Waals surface area contributed by atoms with Crippen LogP contribution in [0.2, 0.25) is 0 Å². The molecule has 0 aliphatic carbocycles. The lowest BCUT2D eigenvalue weighted by Crippen LogP contribution is -2.51. The van der Waals surface area contributed by atoms with Gasteiger partial charge in [0.1, 0.15) is 5.82 Å². The first-order chi connectivity index (χ1) is 17.5. The number of carbonyl (C=O) groups is 2. The fraction of sp³-hybridized carbons (Fsp3) is 0.148. The van der Waals surface area contributed by atoms with Crippen molar-refractivity contribution in [1.29, 1.82) is 0 Å². The van der Waals surface area contributed by atoms with Gasteiger partial charge in [0.2, 0.25) is 6.17 Å². The highest BCUT2D eigenvalue weighted by atomic mass is 19.1. The number of fused-ring (bicyclic) bond motifs is 1. The van der Waals surface area contributed by atoms with Gasteiger partial charge < -0.3 is 15.1 Å². The van der Waals surface area contributed by atoms with E-state index in [0.29, 0.717) is 41.0 Å². The van der Waals surface area contributed by atoms with Crippen molar-refractivity contribution >= 4 is 39.8 Å². The van der Waals surface area contributed by atoms with E-state index in [2.05, 4.69) is 25.4 Å². The first kappa shape index (κ1) is 21.8. The minimum Gasteiger partial charge on any atom is -0.371 e. The third kappa shape index (κ3) is 3.48.